The Bertz CT molecular complexity index is 448. The highest BCUT2D eigenvalue weighted by molar-refractivity contribution is 14.0. The van der Waals surface area contributed by atoms with E-state index in [9.17, 15) is 8.42 Å². The molecule has 0 radical (unpaired) electrons. The van der Waals surface area contributed by atoms with E-state index in [2.05, 4.69) is 16.8 Å². The van der Waals surface area contributed by atoms with Gasteiger partial charge in [0.05, 0.1) is 6.26 Å². The van der Waals surface area contributed by atoms with Crippen molar-refractivity contribution in [2.75, 3.05) is 39.0 Å². The molecule has 2 heterocycles. The van der Waals surface area contributed by atoms with Gasteiger partial charge >= 0.3 is 0 Å². The molecule has 2 saturated heterocycles. The lowest BCUT2D eigenvalue weighted by Crippen LogP contribution is -2.51. The van der Waals surface area contributed by atoms with Gasteiger partial charge in [-0.3, -0.25) is 4.99 Å². The van der Waals surface area contributed by atoms with Gasteiger partial charge in [-0.05, 0) is 18.8 Å². The predicted molar refractivity (Wildman–Crippen MR) is 91.8 cm³/mol. The second-order valence-corrected chi connectivity index (χ2v) is 7.82. The Morgan fingerprint density at radius 2 is 2.00 bits per heavy atom. The molecule has 1 atom stereocenters. The molecule has 2 N–H and O–H groups in total. The first kappa shape index (κ1) is 18.0. The number of hydrogen-bond acceptors (Lipinski definition) is 3. The van der Waals surface area contributed by atoms with Crippen LogP contribution in [0, 0.1) is 11.8 Å². The van der Waals surface area contributed by atoms with Gasteiger partial charge in [0.25, 0.3) is 0 Å². The predicted octanol–water partition coefficient (Wildman–Crippen LogP) is 0.542. The van der Waals surface area contributed by atoms with E-state index < -0.39 is 10.0 Å². The van der Waals surface area contributed by atoms with Crippen LogP contribution in [0.3, 0.4) is 0 Å². The number of rotatable bonds is 3. The molecule has 0 aromatic rings. The second kappa shape index (κ2) is 7.26. The number of likely N-dealkylation sites (tertiary alicyclic amines) is 1. The smallest absolute Gasteiger partial charge is 0.211 e. The highest BCUT2D eigenvalue weighted by atomic mass is 127. The first-order chi connectivity index (χ1) is 8.86. The van der Waals surface area contributed by atoms with Crippen LogP contribution < -0.4 is 5.73 Å². The van der Waals surface area contributed by atoms with Crippen molar-refractivity contribution in [3.8, 4) is 0 Å². The maximum atomic E-state index is 11.2. The Kier molecular flexibility index (Phi) is 6.52. The first-order valence-corrected chi connectivity index (χ1v) is 8.71. The molecule has 2 fully saturated rings. The third-order valence-corrected chi connectivity index (χ3v) is 5.12. The normalized spacial score (nSPS) is 26.0. The summed E-state index contributed by atoms with van der Waals surface area (Å²) in [6.45, 7) is 5.98. The number of aliphatic imine (C=N–C) groups is 1. The molecule has 1 unspecified atom stereocenters. The molecular formula is C12H25IN4O2S. The average Bonchev–Trinajstić information content (AvgIpc) is 2.24. The fourth-order valence-corrected chi connectivity index (χ4v) is 3.59. The zero-order valence-corrected chi connectivity index (χ0v) is 15.3. The minimum absolute atomic E-state index is 0. The molecule has 0 amide bonds. The summed E-state index contributed by atoms with van der Waals surface area (Å²) in [4.78, 5) is 6.56. The van der Waals surface area contributed by atoms with Gasteiger partial charge in [-0.25, -0.2) is 12.7 Å². The van der Waals surface area contributed by atoms with E-state index in [4.69, 9.17) is 5.73 Å². The van der Waals surface area contributed by atoms with Gasteiger partial charge in [0.2, 0.25) is 10.0 Å². The molecule has 0 saturated carbocycles. The minimum Gasteiger partial charge on any atom is -0.370 e. The van der Waals surface area contributed by atoms with Gasteiger partial charge in [0.15, 0.2) is 5.96 Å². The SMILES string of the molecule is CC1CCCN(C(N)=NCC2CN(S(C)(=O)=O)C2)C1.I. The Balaban J connectivity index is 0.00000200. The van der Waals surface area contributed by atoms with Crippen molar-refractivity contribution < 1.29 is 8.42 Å². The van der Waals surface area contributed by atoms with Crippen molar-refractivity contribution in [3.63, 3.8) is 0 Å². The van der Waals surface area contributed by atoms with Crippen LogP contribution in [0.2, 0.25) is 0 Å². The van der Waals surface area contributed by atoms with Crippen LogP contribution in [0.1, 0.15) is 19.8 Å². The zero-order chi connectivity index (χ0) is 14.0. The van der Waals surface area contributed by atoms with Crippen molar-refractivity contribution in [1.29, 1.82) is 0 Å². The standard InChI is InChI=1S/C12H24N4O2S.HI/c1-10-4-3-5-15(7-10)12(13)14-6-11-8-16(9-11)19(2,17)18;/h10-11H,3-9H2,1-2H3,(H2,13,14);1H. The molecule has 0 bridgehead atoms. The molecule has 2 aliphatic rings. The summed E-state index contributed by atoms with van der Waals surface area (Å²) in [5, 5.41) is 0. The molecule has 118 valence electrons. The number of halogens is 1. The van der Waals surface area contributed by atoms with Gasteiger partial charge in [-0.1, -0.05) is 6.92 Å². The fraction of sp³-hybridized carbons (Fsp3) is 0.917. The van der Waals surface area contributed by atoms with E-state index in [0.29, 0.717) is 37.4 Å². The van der Waals surface area contributed by atoms with Crippen LogP contribution >= 0.6 is 24.0 Å². The number of nitrogens with zero attached hydrogens (tertiary/aromatic N) is 3. The summed E-state index contributed by atoms with van der Waals surface area (Å²) >= 11 is 0. The van der Waals surface area contributed by atoms with Crippen molar-refractivity contribution >= 4 is 40.0 Å². The third-order valence-electron chi connectivity index (χ3n) is 3.89. The van der Waals surface area contributed by atoms with Crippen molar-refractivity contribution in [2.24, 2.45) is 22.6 Å². The lowest BCUT2D eigenvalue weighted by Gasteiger charge is -2.37. The van der Waals surface area contributed by atoms with E-state index in [0.717, 1.165) is 13.1 Å². The molecule has 0 aromatic carbocycles. The Labute approximate surface area is 138 Å². The van der Waals surface area contributed by atoms with Crippen molar-refractivity contribution in [2.45, 2.75) is 19.8 Å². The highest BCUT2D eigenvalue weighted by Gasteiger charge is 2.32. The minimum atomic E-state index is -3.02. The molecule has 8 heteroatoms. The van der Waals surface area contributed by atoms with E-state index in [1.807, 2.05) is 0 Å². The average molecular weight is 416 g/mol. The van der Waals surface area contributed by atoms with Gasteiger partial charge in [-0.15, -0.1) is 24.0 Å². The number of hydrogen-bond donors (Lipinski definition) is 1. The summed E-state index contributed by atoms with van der Waals surface area (Å²) in [5.74, 6) is 1.60. The summed E-state index contributed by atoms with van der Waals surface area (Å²) in [6, 6.07) is 0. The van der Waals surface area contributed by atoms with Crippen LogP contribution in [0.25, 0.3) is 0 Å². The van der Waals surface area contributed by atoms with E-state index in [-0.39, 0.29) is 24.0 Å². The van der Waals surface area contributed by atoms with E-state index in [1.165, 1.54) is 23.4 Å². The molecule has 0 spiro atoms. The van der Waals surface area contributed by atoms with Gasteiger partial charge in [0, 0.05) is 38.6 Å². The summed E-state index contributed by atoms with van der Waals surface area (Å²) in [7, 11) is -3.02. The largest absolute Gasteiger partial charge is 0.370 e. The molecule has 6 nitrogen and oxygen atoms in total. The van der Waals surface area contributed by atoms with Crippen LogP contribution in [-0.4, -0.2) is 62.6 Å². The lowest BCUT2D eigenvalue weighted by atomic mass is 10.0. The fourth-order valence-electron chi connectivity index (χ4n) is 2.63. The Morgan fingerprint density at radius 1 is 1.35 bits per heavy atom. The monoisotopic (exact) mass is 416 g/mol. The molecular weight excluding hydrogens is 391 g/mol. The van der Waals surface area contributed by atoms with E-state index >= 15 is 0 Å². The molecule has 0 aromatic heterocycles. The van der Waals surface area contributed by atoms with Crippen LogP contribution in [-0.2, 0) is 10.0 Å². The number of nitrogens with two attached hydrogens (primary N) is 1. The second-order valence-electron chi connectivity index (χ2n) is 5.84. The van der Waals surface area contributed by atoms with Crippen molar-refractivity contribution in [3.05, 3.63) is 0 Å². The van der Waals surface area contributed by atoms with Gasteiger partial charge in [-0.2, -0.15) is 0 Å². The third kappa shape index (κ3) is 4.73. The maximum absolute atomic E-state index is 11.2. The highest BCUT2D eigenvalue weighted by Crippen LogP contribution is 2.19. The van der Waals surface area contributed by atoms with Crippen LogP contribution in [0.5, 0.6) is 0 Å². The van der Waals surface area contributed by atoms with Crippen LogP contribution in [0.15, 0.2) is 4.99 Å². The topological polar surface area (TPSA) is 79.0 Å². The summed E-state index contributed by atoms with van der Waals surface area (Å²) < 4.78 is 24.0. The van der Waals surface area contributed by atoms with Gasteiger partial charge < -0.3 is 10.6 Å². The summed E-state index contributed by atoms with van der Waals surface area (Å²) in [5.41, 5.74) is 6.00. The Hall–Kier alpha value is -0.0900. The quantitative estimate of drug-likeness (QED) is 0.414. The number of sulfonamides is 1. The first-order valence-electron chi connectivity index (χ1n) is 6.86. The molecule has 0 aliphatic carbocycles. The number of guanidine groups is 1. The maximum Gasteiger partial charge on any atom is 0.211 e. The van der Waals surface area contributed by atoms with Crippen molar-refractivity contribution in [1.82, 2.24) is 9.21 Å². The van der Waals surface area contributed by atoms with Crippen LogP contribution in [0.4, 0.5) is 0 Å². The summed E-state index contributed by atoms with van der Waals surface area (Å²) in [6.07, 6.45) is 3.67. The van der Waals surface area contributed by atoms with Gasteiger partial charge in [0.1, 0.15) is 0 Å². The Morgan fingerprint density at radius 3 is 2.55 bits per heavy atom. The molecule has 2 aliphatic heterocycles. The number of piperidine rings is 1. The zero-order valence-electron chi connectivity index (χ0n) is 12.2. The lowest BCUT2D eigenvalue weighted by molar-refractivity contribution is 0.207. The van der Waals surface area contributed by atoms with E-state index in [1.54, 1.807) is 0 Å². The molecule has 20 heavy (non-hydrogen) atoms. The molecule has 2 rings (SSSR count).